The Bertz CT molecular complexity index is 2480. The van der Waals surface area contributed by atoms with E-state index >= 15 is 0 Å². The molecule has 0 saturated heterocycles. The topological polar surface area (TPSA) is 80.0 Å². The highest BCUT2D eigenvalue weighted by molar-refractivity contribution is 6.19. The zero-order chi connectivity index (χ0) is 39.7. The maximum atomic E-state index is 5.23. The molecule has 286 valence electrons. The molecular formula is C50H46N8. The number of nitrogens with one attached hydrogen (secondary N) is 2. The molecule has 2 bridgehead atoms. The first-order chi connectivity index (χ1) is 28.6. The van der Waals surface area contributed by atoms with Gasteiger partial charge in [0.25, 0.3) is 0 Å². The number of allylic oxidation sites excluding steroid dienone is 3. The molecule has 2 heterocycles. The van der Waals surface area contributed by atoms with Crippen molar-refractivity contribution in [1.29, 1.82) is 0 Å². The van der Waals surface area contributed by atoms with E-state index in [1.807, 2.05) is 49.4 Å². The summed E-state index contributed by atoms with van der Waals surface area (Å²) in [7, 11) is 0. The molecule has 8 heteroatoms. The Kier molecular flexibility index (Phi) is 11.4. The van der Waals surface area contributed by atoms with Crippen molar-refractivity contribution in [3.05, 3.63) is 193 Å². The van der Waals surface area contributed by atoms with Crippen LogP contribution in [0.4, 0.5) is 45.5 Å². The van der Waals surface area contributed by atoms with Gasteiger partial charge in [0.15, 0.2) is 11.7 Å². The van der Waals surface area contributed by atoms with E-state index in [-0.39, 0.29) is 0 Å². The van der Waals surface area contributed by atoms with E-state index in [1.54, 1.807) is 0 Å². The maximum absolute atomic E-state index is 5.23. The van der Waals surface area contributed by atoms with Gasteiger partial charge in [0.05, 0.1) is 12.1 Å². The Morgan fingerprint density at radius 2 is 0.914 bits per heavy atom. The molecule has 0 spiro atoms. The van der Waals surface area contributed by atoms with E-state index in [2.05, 4.69) is 168 Å². The van der Waals surface area contributed by atoms with Gasteiger partial charge in [-0.05, 0) is 118 Å². The monoisotopic (exact) mass is 758 g/mol. The molecule has 2 N–H and O–H groups in total. The molecule has 0 saturated carbocycles. The number of para-hydroxylation sites is 4. The van der Waals surface area contributed by atoms with Crippen molar-refractivity contribution in [2.75, 3.05) is 33.5 Å². The average molecular weight is 759 g/mol. The SMILES string of the molecule is CCNc1cc(N(c2ccccc2)c2ccccc2)ccc1C1=NC2=NC(c3ccc(N(c4ccccc4)c4ccccc4)cc3NCC)=N/C(=C/C=C\C(C)=N1)C2. The van der Waals surface area contributed by atoms with E-state index in [0.29, 0.717) is 23.9 Å². The molecular weight excluding hydrogens is 713 g/mol. The van der Waals surface area contributed by atoms with Crippen LogP contribution in [0, 0.1) is 0 Å². The van der Waals surface area contributed by atoms with Crippen LogP contribution in [0.3, 0.4) is 0 Å². The Hall–Kier alpha value is -7.32. The van der Waals surface area contributed by atoms with Crippen LogP contribution < -0.4 is 20.4 Å². The zero-order valence-corrected chi connectivity index (χ0v) is 33.0. The highest BCUT2D eigenvalue weighted by Gasteiger charge is 2.22. The lowest BCUT2D eigenvalue weighted by atomic mass is 10.1. The van der Waals surface area contributed by atoms with Gasteiger partial charge in [-0.1, -0.05) is 78.9 Å². The van der Waals surface area contributed by atoms with Gasteiger partial charge >= 0.3 is 0 Å². The number of aliphatic imine (C=N–C) groups is 4. The molecule has 6 aromatic rings. The fraction of sp³-hybridized carbons (Fsp3) is 0.120. The highest BCUT2D eigenvalue weighted by atomic mass is 15.2. The first-order valence-electron chi connectivity index (χ1n) is 19.8. The second-order valence-electron chi connectivity index (χ2n) is 13.9. The lowest BCUT2D eigenvalue weighted by molar-refractivity contribution is 1.14. The lowest BCUT2D eigenvalue weighted by Gasteiger charge is -2.27. The Morgan fingerprint density at radius 3 is 1.34 bits per heavy atom. The number of anilines is 8. The number of fused-ring (bicyclic) bond motifs is 2. The molecule has 0 fully saturated rings. The van der Waals surface area contributed by atoms with Crippen molar-refractivity contribution < 1.29 is 0 Å². The Balaban J connectivity index is 1.21. The molecule has 0 unspecified atom stereocenters. The first kappa shape index (κ1) is 37.6. The van der Waals surface area contributed by atoms with Gasteiger partial charge in [0.2, 0.25) is 0 Å². The zero-order valence-electron chi connectivity index (χ0n) is 33.0. The molecule has 0 amide bonds. The molecule has 6 aromatic carbocycles. The van der Waals surface area contributed by atoms with Crippen molar-refractivity contribution in [2.45, 2.75) is 27.2 Å². The molecule has 0 atom stereocenters. The van der Waals surface area contributed by atoms with Crippen molar-refractivity contribution in [3.63, 3.8) is 0 Å². The van der Waals surface area contributed by atoms with Gasteiger partial charge in [0, 0.05) is 75.4 Å². The summed E-state index contributed by atoms with van der Waals surface area (Å²) in [5.41, 5.74) is 11.7. The Labute approximate surface area is 341 Å². The second kappa shape index (κ2) is 17.6. The highest BCUT2D eigenvalue weighted by Crippen LogP contribution is 2.39. The van der Waals surface area contributed by atoms with Crippen LogP contribution in [0.25, 0.3) is 0 Å². The third-order valence-corrected chi connectivity index (χ3v) is 9.76. The van der Waals surface area contributed by atoms with E-state index in [1.165, 1.54) is 0 Å². The summed E-state index contributed by atoms with van der Waals surface area (Å²) in [5.74, 6) is 1.82. The summed E-state index contributed by atoms with van der Waals surface area (Å²) < 4.78 is 0. The van der Waals surface area contributed by atoms with Gasteiger partial charge in [-0.15, -0.1) is 0 Å². The number of hydrogen-bond acceptors (Lipinski definition) is 8. The minimum absolute atomic E-state index is 0.473. The van der Waals surface area contributed by atoms with Crippen LogP contribution in [0.1, 0.15) is 38.3 Å². The summed E-state index contributed by atoms with van der Waals surface area (Å²) in [5, 5.41) is 7.23. The summed E-state index contributed by atoms with van der Waals surface area (Å²) in [6, 6.07) is 54.5. The summed E-state index contributed by atoms with van der Waals surface area (Å²) in [6.45, 7) is 7.65. The van der Waals surface area contributed by atoms with Crippen molar-refractivity contribution in [3.8, 4) is 0 Å². The fourth-order valence-electron chi connectivity index (χ4n) is 7.18. The van der Waals surface area contributed by atoms with Crippen LogP contribution >= 0.6 is 0 Å². The van der Waals surface area contributed by atoms with Crippen molar-refractivity contribution in [2.24, 2.45) is 20.0 Å². The quantitative estimate of drug-likeness (QED) is 0.130. The lowest BCUT2D eigenvalue weighted by Crippen LogP contribution is -2.17. The molecule has 58 heavy (non-hydrogen) atoms. The average Bonchev–Trinajstić information content (AvgIpc) is 3.25. The number of hydrogen-bond donors (Lipinski definition) is 2. The van der Waals surface area contributed by atoms with E-state index < -0.39 is 0 Å². The van der Waals surface area contributed by atoms with Crippen molar-refractivity contribution in [1.82, 2.24) is 0 Å². The van der Waals surface area contributed by atoms with Gasteiger partial charge in [0.1, 0.15) is 5.84 Å². The number of amidine groups is 3. The molecule has 8 rings (SSSR count). The standard InChI is InChI=1S/C50H46N8/c1-4-51-46-34-42(57(38-21-10-6-11-22-38)39-23-12-7-13-24-39)29-31-44(46)49-53-36(3)19-18-20-37-33-48(55-49)56-50(54-37)45-32-30-43(35-47(45)52-5-2)58(40-25-14-8-15-26-40)41-27-16-9-17-28-41/h6-32,34-35,51-52H,4-5,33H2,1-3H3/b19-18-,20-18?,36-19?,37-20+,53-36?,53-49?,55-48?,55-49?. The molecule has 2 aliphatic rings. The van der Waals surface area contributed by atoms with Gasteiger partial charge in [-0.2, -0.15) is 0 Å². The van der Waals surface area contributed by atoms with Crippen LogP contribution in [-0.2, 0) is 0 Å². The second-order valence-corrected chi connectivity index (χ2v) is 13.9. The minimum atomic E-state index is 0.473. The summed E-state index contributed by atoms with van der Waals surface area (Å²) >= 11 is 0. The molecule has 0 aliphatic carbocycles. The van der Waals surface area contributed by atoms with Crippen LogP contribution in [-0.4, -0.2) is 36.3 Å². The van der Waals surface area contributed by atoms with Gasteiger partial charge in [-0.3, -0.25) is 0 Å². The smallest absolute Gasteiger partial charge is 0.163 e. The largest absolute Gasteiger partial charge is 0.385 e. The van der Waals surface area contributed by atoms with Crippen LogP contribution in [0.5, 0.6) is 0 Å². The number of nitrogens with zero attached hydrogens (tertiary/aromatic N) is 6. The van der Waals surface area contributed by atoms with Crippen LogP contribution in [0.2, 0.25) is 0 Å². The summed E-state index contributed by atoms with van der Waals surface area (Å²) in [4.78, 5) is 25.1. The predicted octanol–water partition coefficient (Wildman–Crippen LogP) is 12.4. The predicted molar refractivity (Wildman–Crippen MR) is 246 cm³/mol. The first-order valence-corrected chi connectivity index (χ1v) is 19.8. The number of rotatable bonds is 12. The van der Waals surface area contributed by atoms with E-state index in [0.717, 1.165) is 81.1 Å². The van der Waals surface area contributed by atoms with Gasteiger partial charge < -0.3 is 20.4 Å². The molecule has 0 aromatic heterocycles. The molecule has 0 radical (unpaired) electrons. The summed E-state index contributed by atoms with van der Waals surface area (Å²) in [6.07, 6.45) is 6.52. The van der Waals surface area contributed by atoms with E-state index in [9.17, 15) is 0 Å². The Morgan fingerprint density at radius 1 is 0.483 bits per heavy atom. The third kappa shape index (κ3) is 8.41. The van der Waals surface area contributed by atoms with Crippen molar-refractivity contribution >= 4 is 68.7 Å². The van der Waals surface area contributed by atoms with Crippen LogP contribution in [0.15, 0.2) is 202 Å². The fourth-order valence-corrected chi connectivity index (χ4v) is 7.18. The normalized spacial score (nSPS) is 15.1. The molecule has 8 nitrogen and oxygen atoms in total. The van der Waals surface area contributed by atoms with Gasteiger partial charge in [-0.25, -0.2) is 20.0 Å². The molecule has 2 aliphatic heterocycles. The minimum Gasteiger partial charge on any atom is -0.385 e. The van der Waals surface area contributed by atoms with E-state index in [4.69, 9.17) is 20.0 Å². The maximum Gasteiger partial charge on any atom is 0.163 e. The third-order valence-electron chi connectivity index (χ3n) is 9.76. The number of benzene rings is 6.